The van der Waals surface area contributed by atoms with Crippen LogP contribution in [0, 0.1) is 0 Å². The number of nitrogens with one attached hydrogen (secondary N) is 1. The van der Waals surface area contributed by atoms with Crippen LogP contribution in [0.2, 0.25) is 0 Å². The fraction of sp³-hybridized carbons (Fsp3) is 0.619. The molecule has 0 radical (unpaired) electrons. The number of nitrogens with zero attached hydrogens (tertiary/aromatic N) is 1. The molecule has 6 nitrogen and oxygen atoms in total. The zero-order chi connectivity index (χ0) is 19.7. The lowest BCUT2D eigenvalue weighted by atomic mass is 9.82. The number of rotatable bonds is 4. The van der Waals surface area contributed by atoms with E-state index in [1.165, 1.54) is 0 Å². The first-order valence-electron chi connectivity index (χ1n) is 9.71. The van der Waals surface area contributed by atoms with Crippen LogP contribution in [0.3, 0.4) is 0 Å². The summed E-state index contributed by atoms with van der Waals surface area (Å²) in [6.07, 6.45) is 2.90. The summed E-state index contributed by atoms with van der Waals surface area (Å²) in [5, 5.41) is 2.95. The van der Waals surface area contributed by atoms with Crippen LogP contribution in [0.5, 0.6) is 0 Å². The average molecular weight is 374 g/mol. The molecule has 0 saturated carbocycles. The van der Waals surface area contributed by atoms with Crippen LogP contribution >= 0.6 is 0 Å². The Morgan fingerprint density at radius 2 is 1.85 bits per heavy atom. The number of fused-ring (bicyclic) bond motifs is 2. The lowest BCUT2D eigenvalue weighted by Crippen LogP contribution is -2.58. The Kier molecular flexibility index (Phi) is 5.36. The van der Waals surface area contributed by atoms with Gasteiger partial charge in [0.2, 0.25) is 0 Å². The second kappa shape index (κ2) is 7.41. The molecule has 2 saturated heterocycles. The number of ether oxygens (including phenoxy) is 2. The van der Waals surface area contributed by atoms with E-state index < -0.39 is 17.2 Å². The van der Waals surface area contributed by atoms with Gasteiger partial charge in [0.25, 0.3) is 0 Å². The lowest BCUT2D eigenvalue weighted by molar-refractivity contribution is 0.00371. The first-order valence-corrected chi connectivity index (χ1v) is 9.71. The summed E-state index contributed by atoms with van der Waals surface area (Å²) in [6, 6.07) is 9.57. The molecule has 1 aromatic carbocycles. The van der Waals surface area contributed by atoms with E-state index in [1.807, 2.05) is 62.9 Å². The number of benzene rings is 1. The monoisotopic (exact) mass is 374 g/mol. The van der Waals surface area contributed by atoms with E-state index in [0.717, 1.165) is 31.2 Å². The minimum Gasteiger partial charge on any atom is -0.445 e. The number of carbonyl (C=O) groups excluding carboxylic acids is 2. The molecule has 6 heteroatoms. The standard InChI is InChI=1S/C21H30N2O4/c1-15(22-18(24)26-14-16-8-6-5-7-9-16)21-12-10-17(11-13-21)23(21)19(25)27-20(2,3)4/h5-9,15,17H,10-14H2,1-4H3,(H,22,24)/t15-,17?,21?/m1/s1. The smallest absolute Gasteiger partial charge is 0.411 e. The quantitative estimate of drug-likeness (QED) is 0.856. The van der Waals surface area contributed by atoms with Crippen molar-refractivity contribution in [3.05, 3.63) is 35.9 Å². The van der Waals surface area contributed by atoms with E-state index in [-0.39, 0.29) is 24.8 Å². The maximum atomic E-state index is 12.8. The Morgan fingerprint density at radius 3 is 2.44 bits per heavy atom. The third-order valence-corrected chi connectivity index (χ3v) is 5.61. The van der Waals surface area contributed by atoms with Crippen molar-refractivity contribution in [2.45, 2.75) is 83.2 Å². The highest BCUT2D eigenvalue weighted by atomic mass is 16.6. The SMILES string of the molecule is C[C@@H](NC(=O)OCc1ccccc1)C12CCC(CC1)N2C(=O)OC(C)(C)C. The minimum atomic E-state index is -0.536. The highest BCUT2D eigenvalue weighted by molar-refractivity contribution is 5.72. The number of hydrogen-bond acceptors (Lipinski definition) is 4. The first kappa shape index (κ1) is 19.5. The van der Waals surface area contributed by atoms with E-state index >= 15 is 0 Å². The van der Waals surface area contributed by atoms with Crippen molar-refractivity contribution < 1.29 is 19.1 Å². The molecule has 148 valence electrons. The third kappa shape index (κ3) is 4.20. The van der Waals surface area contributed by atoms with Crippen molar-refractivity contribution >= 4 is 12.2 Å². The number of alkyl carbamates (subject to hydrolysis) is 1. The normalized spacial score (nSPS) is 25.2. The van der Waals surface area contributed by atoms with Gasteiger partial charge < -0.3 is 14.8 Å². The van der Waals surface area contributed by atoms with Crippen molar-refractivity contribution in [3.8, 4) is 0 Å². The zero-order valence-corrected chi connectivity index (χ0v) is 16.7. The molecule has 1 atom stereocenters. The van der Waals surface area contributed by atoms with Gasteiger partial charge in [0, 0.05) is 6.04 Å². The largest absolute Gasteiger partial charge is 0.445 e. The van der Waals surface area contributed by atoms with Gasteiger partial charge in [-0.2, -0.15) is 0 Å². The summed E-state index contributed by atoms with van der Waals surface area (Å²) >= 11 is 0. The minimum absolute atomic E-state index is 0.199. The van der Waals surface area contributed by atoms with Crippen molar-refractivity contribution in [2.24, 2.45) is 0 Å². The maximum absolute atomic E-state index is 12.8. The first-order chi connectivity index (χ1) is 12.7. The van der Waals surface area contributed by atoms with Crippen LogP contribution < -0.4 is 5.32 Å². The Morgan fingerprint density at radius 1 is 1.22 bits per heavy atom. The second-order valence-electron chi connectivity index (χ2n) is 8.61. The maximum Gasteiger partial charge on any atom is 0.411 e. The van der Waals surface area contributed by atoms with Crippen LogP contribution in [-0.2, 0) is 16.1 Å². The van der Waals surface area contributed by atoms with Crippen molar-refractivity contribution in [2.75, 3.05) is 0 Å². The Labute approximate surface area is 161 Å². The van der Waals surface area contributed by atoms with Gasteiger partial charge in [-0.1, -0.05) is 30.3 Å². The van der Waals surface area contributed by atoms with E-state index in [0.29, 0.717) is 0 Å². The molecule has 0 spiro atoms. The molecule has 27 heavy (non-hydrogen) atoms. The van der Waals surface area contributed by atoms with Crippen LogP contribution in [0.15, 0.2) is 30.3 Å². The molecule has 0 aliphatic carbocycles. The summed E-state index contributed by atoms with van der Waals surface area (Å²) in [6.45, 7) is 7.80. The van der Waals surface area contributed by atoms with Gasteiger partial charge in [-0.05, 0) is 58.9 Å². The van der Waals surface area contributed by atoms with E-state index in [9.17, 15) is 9.59 Å². The van der Waals surface area contributed by atoms with Gasteiger partial charge in [0.15, 0.2) is 0 Å². The molecule has 0 unspecified atom stereocenters. The van der Waals surface area contributed by atoms with Gasteiger partial charge in [-0.3, -0.25) is 4.90 Å². The molecule has 1 aromatic rings. The van der Waals surface area contributed by atoms with Gasteiger partial charge in [0.1, 0.15) is 12.2 Å². The van der Waals surface area contributed by atoms with Crippen LogP contribution in [0.4, 0.5) is 9.59 Å². The predicted molar refractivity (Wildman–Crippen MR) is 102 cm³/mol. The summed E-state index contributed by atoms with van der Waals surface area (Å²) in [7, 11) is 0. The molecule has 2 bridgehead atoms. The molecule has 3 rings (SSSR count). The van der Waals surface area contributed by atoms with E-state index in [4.69, 9.17) is 9.47 Å². The molecule has 0 aromatic heterocycles. The number of carbonyl (C=O) groups is 2. The van der Waals surface area contributed by atoms with Crippen LogP contribution in [-0.4, -0.2) is 40.3 Å². The number of hydrogen-bond donors (Lipinski definition) is 1. The van der Waals surface area contributed by atoms with Crippen LogP contribution in [0.1, 0.15) is 58.9 Å². The van der Waals surface area contributed by atoms with Crippen LogP contribution in [0.25, 0.3) is 0 Å². The van der Waals surface area contributed by atoms with E-state index in [1.54, 1.807) is 0 Å². The fourth-order valence-electron chi connectivity index (χ4n) is 4.32. The Bertz CT molecular complexity index is 675. The van der Waals surface area contributed by atoms with E-state index in [2.05, 4.69) is 5.32 Å². The van der Waals surface area contributed by atoms with Gasteiger partial charge in [-0.15, -0.1) is 0 Å². The molecule has 2 amide bonds. The van der Waals surface area contributed by atoms with Crippen molar-refractivity contribution in [1.29, 1.82) is 0 Å². The number of amides is 2. The van der Waals surface area contributed by atoms with Gasteiger partial charge in [-0.25, -0.2) is 9.59 Å². The van der Waals surface area contributed by atoms with Gasteiger partial charge in [0.05, 0.1) is 11.6 Å². The van der Waals surface area contributed by atoms with Gasteiger partial charge >= 0.3 is 12.2 Å². The molecule has 2 aliphatic rings. The topological polar surface area (TPSA) is 67.9 Å². The average Bonchev–Trinajstić information content (AvgIpc) is 3.16. The predicted octanol–water partition coefficient (Wildman–Crippen LogP) is 4.23. The summed E-state index contributed by atoms with van der Waals surface area (Å²) in [4.78, 5) is 27.0. The summed E-state index contributed by atoms with van der Waals surface area (Å²) in [5.41, 5.74) is 0.0142. The third-order valence-electron chi connectivity index (χ3n) is 5.61. The molecule has 2 heterocycles. The molecular formula is C21H30N2O4. The molecule has 2 fully saturated rings. The summed E-state index contributed by atoms with van der Waals surface area (Å²) < 4.78 is 11.0. The van der Waals surface area contributed by atoms with Crippen molar-refractivity contribution in [1.82, 2.24) is 10.2 Å². The van der Waals surface area contributed by atoms with Crippen molar-refractivity contribution in [3.63, 3.8) is 0 Å². The Balaban J connectivity index is 1.62. The fourth-order valence-corrected chi connectivity index (χ4v) is 4.32. The molecule has 2 aliphatic heterocycles. The zero-order valence-electron chi connectivity index (χ0n) is 16.7. The Hall–Kier alpha value is -2.24. The lowest BCUT2D eigenvalue weighted by Gasteiger charge is -2.40. The highest BCUT2D eigenvalue weighted by Gasteiger charge is 2.58. The molecular weight excluding hydrogens is 344 g/mol. The highest BCUT2D eigenvalue weighted by Crippen LogP contribution is 2.49. The second-order valence-corrected chi connectivity index (χ2v) is 8.61. The molecule has 1 N–H and O–H groups in total. The summed E-state index contributed by atoms with van der Waals surface area (Å²) in [5.74, 6) is 0.